The van der Waals surface area contributed by atoms with Gasteiger partial charge in [0.2, 0.25) is 0 Å². The molecule has 0 aromatic rings. The fraction of sp³-hybridized carbons (Fsp3) is 0.690. The molecule has 0 bridgehead atoms. The molecule has 3 N–H and O–H groups in total. The van der Waals surface area contributed by atoms with Gasteiger partial charge in [-0.2, -0.15) is 0 Å². The Balaban J connectivity index is 1.62. The first-order valence-electron chi connectivity index (χ1n) is 12.9. The van der Waals surface area contributed by atoms with Crippen LogP contribution in [0.15, 0.2) is 47.1 Å². The van der Waals surface area contributed by atoms with Crippen LogP contribution in [0.2, 0.25) is 0 Å². The lowest BCUT2D eigenvalue weighted by atomic mass is 9.53. The molecule has 0 spiro atoms. The fourth-order valence-electron chi connectivity index (χ4n) is 7.36. The van der Waals surface area contributed by atoms with E-state index in [0.29, 0.717) is 29.1 Å². The number of carbonyl (C=O) groups is 1. The zero-order chi connectivity index (χ0) is 23.3. The molecule has 0 aromatic carbocycles. The molecule has 0 unspecified atom stereocenters. The number of rotatable bonds is 5. The molecular weight excluding hydrogens is 392 g/mol. The maximum absolute atomic E-state index is 11.3. The second-order valence-corrected chi connectivity index (χ2v) is 12.0. The molecule has 4 rings (SSSR count). The third kappa shape index (κ3) is 3.90. The second-order valence-electron chi connectivity index (χ2n) is 12.0. The highest BCUT2D eigenvalue weighted by Crippen LogP contribution is 2.63. The van der Waals surface area contributed by atoms with Crippen molar-refractivity contribution in [1.29, 1.82) is 0 Å². The van der Waals surface area contributed by atoms with Crippen LogP contribution < -0.4 is 11.1 Å². The topological polar surface area (TPSA) is 55.1 Å². The molecule has 0 saturated heterocycles. The third-order valence-corrected chi connectivity index (χ3v) is 9.85. The quantitative estimate of drug-likeness (QED) is 0.451. The predicted molar refractivity (Wildman–Crippen MR) is 134 cm³/mol. The highest BCUT2D eigenvalue weighted by Gasteiger charge is 2.53. The summed E-state index contributed by atoms with van der Waals surface area (Å²) in [4.78, 5) is 11.3. The molecule has 0 aliphatic heterocycles. The molecule has 32 heavy (non-hydrogen) atoms. The lowest BCUT2D eigenvalue weighted by molar-refractivity contribution is 0.139. The van der Waals surface area contributed by atoms with Gasteiger partial charge in [-0.1, -0.05) is 77.5 Å². The van der Waals surface area contributed by atoms with Crippen LogP contribution in [-0.4, -0.2) is 12.1 Å². The molecule has 7 atom stereocenters. The lowest BCUT2D eigenvalue weighted by Gasteiger charge is -2.51. The number of nitrogens with one attached hydrogen (secondary N) is 1. The Morgan fingerprint density at radius 2 is 1.78 bits per heavy atom. The Morgan fingerprint density at radius 3 is 2.47 bits per heavy atom. The zero-order valence-corrected chi connectivity index (χ0v) is 21.1. The van der Waals surface area contributed by atoms with E-state index in [9.17, 15) is 4.79 Å². The summed E-state index contributed by atoms with van der Waals surface area (Å²) < 4.78 is 0. The van der Waals surface area contributed by atoms with E-state index in [2.05, 4.69) is 77.2 Å². The monoisotopic (exact) mass is 436 g/mol. The average molecular weight is 437 g/mol. The van der Waals surface area contributed by atoms with Gasteiger partial charge in [0.1, 0.15) is 0 Å². The van der Waals surface area contributed by atoms with E-state index in [1.807, 2.05) is 0 Å². The van der Waals surface area contributed by atoms with Crippen LogP contribution in [0.1, 0.15) is 80.1 Å². The van der Waals surface area contributed by atoms with Crippen LogP contribution in [0.4, 0.5) is 4.79 Å². The standard InChI is InChI=1S/C29H44N2O/c1-18(2)19(3)7-8-20(4)24-11-12-25-23-10-9-21-17-22(31-27(30)32)13-15-28(21,5)26(23)14-16-29(24,25)6/h7-10,17-20,22,24,26H,11-16H2,1-6H3,(H3,30,31,32)/b8-7+/t19-,20+,22+,24+,26+,28-,29+/m0/s1. The Labute approximate surface area is 195 Å². The van der Waals surface area contributed by atoms with Crippen molar-refractivity contribution in [1.82, 2.24) is 5.32 Å². The summed E-state index contributed by atoms with van der Waals surface area (Å²) in [6, 6.07) is -0.352. The molecule has 1 fully saturated rings. The molecule has 2 amide bonds. The number of nitrogens with two attached hydrogens (primary N) is 1. The first kappa shape index (κ1) is 23.4. The van der Waals surface area contributed by atoms with Crippen molar-refractivity contribution in [2.24, 2.45) is 46.2 Å². The van der Waals surface area contributed by atoms with Crippen molar-refractivity contribution >= 4 is 6.03 Å². The Kier molecular flexibility index (Phi) is 6.24. The molecule has 1 saturated carbocycles. The van der Waals surface area contributed by atoms with Gasteiger partial charge in [-0.15, -0.1) is 0 Å². The van der Waals surface area contributed by atoms with Gasteiger partial charge in [-0.25, -0.2) is 4.79 Å². The first-order chi connectivity index (χ1) is 15.1. The van der Waals surface area contributed by atoms with Crippen LogP contribution in [0.25, 0.3) is 0 Å². The van der Waals surface area contributed by atoms with Gasteiger partial charge in [0.25, 0.3) is 0 Å². The molecule has 3 heteroatoms. The van der Waals surface area contributed by atoms with E-state index in [1.165, 1.54) is 31.3 Å². The molecule has 4 aliphatic carbocycles. The van der Waals surface area contributed by atoms with E-state index in [1.54, 1.807) is 11.1 Å². The summed E-state index contributed by atoms with van der Waals surface area (Å²) in [6.07, 6.45) is 19.3. The van der Waals surface area contributed by atoms with Crippen molar-refractivity contribution in [3.8, 4) is 0 Å². The van der Waals surface area contributed by atoms with Gasteiger partial charge in [0.15, 0.2) is 0 Å². The number of amides is 2. The van der Waals surface area contributed by atoms with E-state index < -0.39 is 6.03 Å². The lowest BCUT2D eigenvalue weighted by Crippen LogP contribution is -2.45. The molecule has 0 aromatic heterocycles. The maximum Gasteiger partial charge on any atom is 0.312 e. The van der Waals surface area contributed by atoms with Gasteiger partial charge in [-0.3, -0.25) is 0 Å². The van der Waals surface area contributed by atoms with E-state index >= 15 is 0 Å². The minimum atomic E-state index is -0.422. The number of urea groups is 1. The van der Waals surface area contributed by atoms with Crippen LogP contribution in [0.5, 0.6) is 0 Å². The molecule has 0 radical (unpaired) electrons. The number of allylic oxidation sites excluding steroid dienone is 7. The number of hydrogen-bond acceptors (Lipinski definition) is 1. The minimum absolute atomic E-state index is 0.0695. The second kappa shape index (κ2) is 8.54. The molecule has 176 valence electrons. The summed E-state index contributed by atoms with van der Waals surface area (Å²) in [5.41, 5.74) is 10.7. The number of primary amides is 1. The van der Waals surface area contributed by atoms with E-state index in [-0.39, 0.29) is 11.5 Å². The molecule has 4 aliphatic rings. The summed E-state index contributed by atoms with van der Waals surface area (Å²) in [7, 11) is 0. The molecule has 3 nitrogen and oxygen atoms in total. The van der Waals surface area contributed by atoms with Gasteiger partial charge in [0, 0.05) is 6.04 Å². The zero-order valence-electron chi connectivity index (χ0n) is 21.1. The summed E-state index contributed by atoms with van der Waals surface area (Å²) in [5.74, 6) is 3.34. The molecular formula is C29H44N2O. The van der Waals surface area contributed by atoms with Crippen molar-refractivity contribution < 1.29 is 4.79 Å². The predicted octanol–water partition coefficient (Wildman–Crippen LogP) is 6.93. The summed E-state index contributed by atoms with van der Waals surface area (Å²) in [5, 5.41) is 2.90. The average Bonchev–Trinajstić information content (AvgIpc) is 3.08. The molecule has 0 heterocycles. The van der Waals surface area contributed by atoms with Crippen molar-refractivity contribution in [3.05, 3.63) is 47.1 Å². The van der Waals surface area contributed by atoms with Gasteiger partial charge in [-0.05, 0) is 90.1 Å². The Morgan fingerprint density at radius 1 is 1.06 bits per heavy atom. The summed E-state index contributed by atoms with van der Waals surface area (Å²) >= 11 is 0. The Hall–Kier alpha value is -1.77. The van der Waals surface area contributed by atoms with Crippen molar-refractivity contribution in [3.63, 3.8) is 0 Å². The van der Waals surface area contributed by atoms with Crippen LogP contribution in [0.3, 0.4) is 0 Å². The number of carbonyl (C=O) groups excluding carboxylic acids is 1. The maximum atomic E-state index is 11.3. The highest BCUT2D eigenvalue weighted by molar-refractivity contribution is 5.72. The van der Waals surface area contributed by atoms with Crippen LogP contribution in [-0.2, 0) is 0 Å². The largest absolute Gasteiger partial charge is 0.352 e. The smallest absolute Gasteiger partial charge is 0.312 e. The van der Waals surface area contributed by atoms with Crippen molar-refractivity contribution in [2.45, 2.75) is 86.1 Å². The third-order valence-electron chi connectivity index (χ3n) is 9.85. The van der Waals surface area contributed by atoms with Gasteiger partial charge < -0.3 is 11.1 Å². The van der Waals surface area contributed by atoms with Crippen LogP contribution in [0, 0.1) is 40.4 Å². The van der Waals surface area contributed by atoms with Crippen LogP contribution >= 0.6 is 0 Å². The minimum Gasteiger partial charge on any atom is -0.352 e. The van der Waals surface area contributed by atoms with Gasteiger partial charge >= 0.3 is 6.03 Å². The van der Waals surface area contributed by atoms with E-state index in [0.717, 1.165) is 18.8 Å². The number of fused-ring (bicyclic) bond motifs is 4. The van der Waals surface area contributed by atoms with E-state index in [4.69, 9.17) is 5.73 Å². The van der Waals surface area contributed by atoms with Crippen molar-refractivity contribution in [2.75, 3.05) is 0 Å². The number of hydrogen-bond donors (Lipinski definition) is 2. The SMILES string of the molecule is CC(C)[C@@H](C)/C=C/[C@@H](C)[C@H]1CCC2=C3C=CC4=C[C@H](NC(N)=O)CC[C@]4(C)[C@@H]3CC[C@@]21C. The first-order valence-corrected chi connectivity index (χ1v) is 12.9. The Bertz CT molecular complexity index is 878. The van der Waals surface area contributed by atoms with Gasteiger partial charge in [0.05, 0.1) is 0 Å². The fourth-order valence-corrected chi connectivity index (χ4v) is 7.36. The normalized spacial score (nSPS) is 38.2. The summed E-state index contributed by atoms with van der Waals surface area (Å²) in [6.45, 7) is 14.4. The highest BCUT2D eigenvalue weighted by atomic mass is 16.2.